The molecular weight excluding hydrogens is 348 g/mol. The van der Waals surface area contributed by atoms with Crippen LogP contribution in [0.3, 0.4) is 0 Å². The quantitative estimate of drug-likeness (QED) is 0.760. The van der Waals surface area contributed by atoms with Gasteiger partial charge in [0.15, 0.2) is 0 Å². The van der Waals surface area contributed by atoms with Crippen molar-refractivity contribution in [2.75, 3.05) is 13.1 Å². The van der Waals surface area contributed by atoms with Crippen LogP contribution in [0, 0.1) is 5.92 Å². The van der Waals surface area contributed by atoms with Gasteiger partial charge in [-0.1, -0.05) is 54.2 Å². The predicted molar refractivity (Wildman–Crippen MR) is 94.7 cm³/mol. The van der Waals surface area contributed by atoms with Gasteiger partial charge in [-0.05, 0) is 42.5 Å². The van der Waals surface area contributed by atoms with Gasteiger partial charge < -0.3 is 5.73 Å². The second kappa shape index (κ2) is 7.96. The molecule has 2 N–H and O–H groups in total. The first-order chi connectivity index (χ1) is 10.0. The van der Waals surface area contributed by atoms with Crippen molar-refractivity contribution in [3.05, 3.63) is 33.3 Å². The molecule has 0 aromatic heterocycles. The third kappa shape index (κ3) is 4.44. The van der Waals surface area contributed by atoms with Crippen LogP contribution in [0.2, 0.25) is 5.02 Å². The van der Waals surface area contributed by atoms with Crippen LogP contribution >= 0.6 is 27.5 Å². The van der Waals surface area contributed by atoms with Crippen LogP contribution in [-0.2, 0) is 0 Å². The summed E-state index contributed by atoms with van der Waals surface area (Å²) in [5, 5.41) is 0.780. The molecule has 0 heterocycles. The smallest absolute Gasteiger partial charge is 0.0485 e. The van der Waals surface area contributed by atoms with E-state index in [0.717, 1.165) is 16.0 Å². The fourth-order valence-electron chi connectivity index (χ4n) is 3.40. The van der Waals surface area contributed by atoms with E-state index in [-0.39, 0.29) is 6.04 Å². The number of nitrogens with zero attached hydrogens (tertiary/aromatic N) is 1. The van der Waals surface area contributed by atoms with Crippen LogP contribution in [0.15, 0.2) is 22.7 Å². The molecule has 118 valence electrons. The summed E-state index contributed by atoms with van der Waals surface area (Å²) >= 11 is 9.88. The highest BCUT2D eigenvalue weighted by atomic mass is 79.9. The molecule has 0 saturated heterocycles. The topological polar surface area (TPSA) is 29.3 Å². The maximum absolute atomic E-state index is 6.21. The molecule has 1 aliphatic carbocycles. The van der Waals surface area contributed by atoms with E-state index < -0.39 is 0 Å². The Morgan fingerprint density at radius 1 is 1.33 bits per heavy atom. The van der Waals surface area contributed by atoms with Gasteiger partial charge in [-0.2, -0.15) is 0 Å². The number of hydrogen-bond donors (Lipinski definition) is 1. The molecular formula is C17H26BrClN2. The van der Waals surface area contributed by atoms with Crippen LogP contribution in [0.1, 0.15) is 51.1 Å². The van der Waals surface area contributed by atoms with Crippen molar-refractivity contribution in [2.24, 2.45) is 11.7 Å². The number of nitrogens with two attached hydrogens (primary N) is 1. The van der Waals surface area contributed by atoms with Gasteiger partial charge in [0.1, 0.15) is 0 Å². The number of benzene rings is 1. The summed E-state index contributed by atoms with van der Waals surface area (Å²) in [5.41, 5.74) is 7.38. The molecule has 0 aliphatic heterocycles. The van der Waals surface area contributed by atoms with Crippen molar-refractivity contribution in [3.8, 4) is 0 Å². The van der Waals surface area contributed by atoms with Gasteiger partial charge in [-0.3, -0.25) is 4.90 Å². The molecule has 1 aliphatic rings. The molecule has 2 rings (SSSR count). The van der Waals surface area contributed by atoms with E-state index in [9.17, 15) is 0 Å². The highest BCUT2D eigenvalue weighted by Gasteiger charge is 2.30. The maximum atomic E-state index is 6.21. The molecule has 1 saturated carbocycles. The van der Waals surface area contributed by atoms with Crippen LogP contribution < -0.4 is 5.73 Å². The Balaban J connectivity index is 2.31. The van der Waals surface area contributed by atoms with Gasteiger partial charge in [0, 0.05) is 34.7 Å². The van der Waals surface area contributed by atoms with E-state index in [1.165, 1.54) is 31.2 Å². The molecule has 1 aromatic carbocycles. The zero-order valence-electron chi connectivity index (χ0n) is 13.0. The zero-order valence-corrected chi connectivity index (χ0v) is 15.3. The fourth-order valence-corrected chi connectivity index (χ4v) is 4.09. The van der Waals surface area contributed by atoms with Gasteiger partial charge >= 0.3 is 0 Å². The third-order valence-electron chi connectivity index (χ3n) is 4.31. The Labute approximate surface area is 142 Å². The van der Waals surface area contributed by atoms with Crippen LogP contribution in [0.25, 0.3) is 0 Å². The summed E-state index contributed by atoms with van der Waals surface area (Å²) in [6, 6.07) is 6.91. The second-order valence-corrected chi connectivity index (χ2v) is 7.74. The van der Waals surface area contributed by atoms with Crippen molar-refractivity contribution in [1.29, 1.82) is 0 Å². The van der Waals surface area contributed by atoms with Crippen LogP contribution in [0.5, 0.6) is 0 Å². The van der Waals surface area contributed by atoms with Crippen molar-refractivity contribution in [1.82, 2.24) is 4.90 Å². The second-order valence-electron chi connectivity index (χ2n) is 6.45. The Hall–Kier alpha value is -0.0900. The molecule has 0 spiro atoms. The average molecular weight is 374 g/mol. The molecule has 0 bridgehead atoms. The number of rotatable bonds is 6. The van der Waals surface area contributed by atoms with Crippen molar-refractivity contribution >= 4 is 27.5 Å². The summed E-state index contributed by atoms with van der Waals surface area (Å²) in [7, 11) is 0. The number of hydrogen-bond acceptors (Lipinski definition) is 2. The molecule has 2 nitrogen and oxygen atoms in total. The normalized spacial score (nSPS) is 17.9. The Kier molecular flexibility index (Phi) is 6.54. The third-order valence-corrected chi connectivity index (χ3v) is 5.27. The van der Waals surface area contributed by atoms with E-state index in [2.05, 4.69) is 40.7 Å². The standard InChI is InChI=1S/C17H26BrClN2/c1-12(2)11-21(14-5-3-4-6-14)17(10-20)15-9-13(19)7-8-16(15)18/h7-9,12,14,17H,3-6,10-11,20H2,1-2H3. The summed E-state index contributed by atoms with van der Waals surface area (Å²) in [4.78, 5) is 2.62. The SMILES string of the molecule is CC(C)CN(C1CCCC1)C(CN)c1cc(Cl)ccc1Br. The predicted octanol–water partition coefficient (Wildman–Crippen LogP) is 5.00. The lowest BCUT2D eigenvalue weighted by Gasteiger charge is -2.38. The lowest BCUT2D eigenvalue weighted by atomic mass is 10.0. The van der Waals surface area contributed by atoms with E-state index >= 15 is 0 Å². The first-order valence-electron chi connectivity index (χ1n) is 7.93. The molecule has 1 fully saturated rings. The minimum atomic E-state index is 0.239. The van der Waals surface area contributed by atoms with E-state index in [1.54, 1.807) is 0 Å². The molecule has 1 unspecified atom stereocenters. The monoisotopic (exact) mass is 372 g/mol. The summed E-state index contributed by atoms with van der Waals surface area (Å²) in [5.74, 6) is 0.637. The lowest BCUT2D eigenvalue weighted by Crippen LogP contribution is -2.42. The largest absolute Gasteiger partial charge is 0.329 e. The molecule has 1 atom stereocenters. The summed E-state index contributed by atoms with van der Waals surface area (Å²) in [6.45, 7) is 6.28. The molecule has 21 heavy (non-hydrogen) atoms. The van der Waals surface area contributed by atoms with Gasteiger partial charge in [-0.25, -0.2) is 0 Å². The molecule has 1 aromatic rings. The van der Waals surface area contributed by atoms with Gasteiger partial charge in [-0.15, -0.1) is 0 Å². The zero-order chi connectivity index (χ0) is 15.4. The first kappa shape index (κ1) is 17.3. The molecule has 0 radical (unpaired) electrons. The number of halogens is 2. The van der Waals surface area contributed by atoms with E-state index in [4.69, 9.17) is 17.3 Å². The first-order valence-corrected chi connectivity index (χ1v) is 9.10. The molecule has 0 amide bonds. The highest BCUT2D eigenvalue weighted by molar-refractivity contribution is 9.10. The van der Waals surface area contributed by atoms with E-state index in [0.29, 0.717) is 18.5 Å². The Bertz CT molecular complexity index is 458. The summed E-state index contributed by atoms with van der Waals surface area (Å²) in [6.07, 6.45) is 5.27. The summed E-state index contributed by atoms with van der Waals surface area (Å²) < 4.78 is 1.11. The average Bonchev–Trinajstić information content (AvgIpc) is 2.95. The van der Waals surface area contributed by atoms with Gasteiger partial charge in [0.05, 0.1) is 0 Å². The Morgan fingerprint density at radius 2 is 2.00 bits per heavy atom. The fraction of sp³-hybridized carbons (Fsp3) is 0.647. The van der Waals surface area contributed by atoms with Crippen molar-refractivity contribution < 1.29 is 0 Å². The van der Waals surface area contributed by atoms with Crippen molar-refractivity contribution in [2.45, 2.75) is 51.6 Å². The minimum absolute atomic E-state index is 0.239. The van der Waals surface area contributed by atoms with Crippen LogP contribution in [-0.4, -0.2) is 24.0 Å². The highest BCUT2D eigenvalue weighted by Crippen LogP contribution is 2.35. The van der Waals surface area contributed by atoms with Crippen LogP contribution in [0.4, 0.5) is 0 Å². The Morgan fingerprint density at radius 3 is 2.57 bits per heavy atom. The molecule has 4 heteroatoms. The maximum Gasteiger partial charge on any atom is 0.0485 e. The van der Waals surface area contributed by atoms with Gasteiger partial charge in [0.25, 0.3) is 0 Å². The van der Waals surface area contributed by atoms with Gasteiger partial charge in [0.2, 0.25) is 0 Å². The van der Waals surface area contributed by atoms with E-state index in [1.807, 2.05) is 12.1 Å². The minimum Gasteiger partial charge on any atom is -0.329 e. The lowest BCUT2D eigenvalue weighted by molar-refractivity contribution is 0.121. The van der Waals surface area contributed by atoms with Crippen molar-refractivity contribution in [3.63, 3.8) is 0 Å².